The van der Waals surface area contributed by atoms with Crippen LogP contribution in [0.25, 0.3) is 22.2 Å². The fourth-order valence-electron chi connectivity index (χ4n) is 3.73. The number of hydrogen-bond donors (Lipinski definition) is 0. The molecule has 4 aromatic rings. The Morgan fingerprint density at radius 2 is 1.77 bits per heavy atom. The van der Waals surface area contributed by atoms with Crippen LogP contribution in [0.5, 0.6) is 0 Å². The summed E-state index contributed by atoms with van der Waals surface area (Å²) >= 11 is 0. The van der Waals surface area contributed by atoms with Gasteiger partial charge in [0.25, 0.3) is 0 Å². The van der Waals surface area contributed by atoms with Crippen molar-refractivity contribution in [2.45, 2.75) is 5.92 Å². The third-order valence-electron chi connectivity index (χ3n) is 5.27. The average Bonchev–Trinajstić information content (AvgIpc) is 2.73. The van der Waals surface area contributed by atoms with Gasteiger partial charge in [0.15, 0.2) is 0 Å². The topological polar surface area (TPSA) is 82.0 Å². The predicted octanol–water partition coefficient (Wildman–Crippen LogP) is -0.337. The number of aromatic carboxylic acids is 1. The van der Waals surface area contributed by atoms with Crippen LogP contribution in [0, 0.1) is 0 Å². The molecule has 0 amide bonds. The van der Waals surface area contributed by atoms with E-state index in [0.717, 1.165) is 41.1 Å². The smallest absolute Gasteiger partial charge is 0.545 e. The molecule has 0 N–H and O–H groups in total. The molecule has 1 aliphatic rings. The molecular formula is C23H17LiN4O2. The van der Waals surface area contributed by atoms with E-state index in [9.17, 15) is 9.90 Å². The molecule has 1 fully saturated rings. The summed E-state index contributed by atoms with van der Waals surface area (Å²) in [4.78, 5) is 27.2. The van der Waals surface area contributed by atoms with Crippen molar-refractivity contribution < 1.29 is 28.8 Å². The minimum atomic E-state index is -1.20. The number of carbonyl (C=O) groups is 1. The summed E-state index contributed by atoms with van der Waals surface area (Å²) in [6.45, 7) is 1.58. The zero-order valence-corrected chi connectivity index (χ0v) is 16.5. The molecule has 5 rings (SSSR count). The van der Waals surface area contributed by atoms with Crippen molar-refractivity contribution >= 4 is 22.7 Å². The quantitative estimate of drug-likeness (QED) is 0.445. The van der Waals surface area contributed by atoms with Crippen LogP contribution in [0.2, 0.25) is 0 Å². The van der Waals surface area contributed by atoms with Gasteiger partial charge in [-0.15, -0.1) is 0 Å². The summed E-state index contributed by atoms with van der Waals surface area (Å²) in [6, 6.07) is 18.9. The van der Waals surface area contributed by atoms with Gasteiger partial charge >= 0.3 is 18.9 Å². The molecule has 0 aliphatic carbocycles. The fraction of sp³-hybridized carbons (Fsp3) is 0.130. The number of para-hydroxylation sites is 1. The first-order chi connectivity index (χ1) is 14.2. The number of aromatic nitrogens is 3. The number of anilines is 1. The van der Waals surface area contributed by atoms with Crippen molar-refractivity contribution in [3.05, 3.63) is 84.3 Å². The number of benzene rings is 2. The van der Waals surface area contributed by atoms with E-state index >= 15 is 0 Å². The Bertz CT molecular complexity index is 1220. The Balaban J connectivity index is 0.00000218. The third kappa shape index (κ3) is 3.68. The van der Waals surface area contributed by atoms with E-state index in [4.69, 9.17) is 4.98 Å². The van der Waals surface area contributed by atoms with Gasteiger partial charge in [-0.2, -0.15) is 0 Å². The van der Waals surface area contributed by atoms with Crippen LogP contribution in [0.3, 0.4) is 0 Å². The van der Waals surface area contributed by atoms with Crippen LogP contribution >= 0.6 is 0 Å². The Morgan fingerprint density at radius 1 is 0.967 bits per heavy atom. The summed E-state index contributed by atoms with van der Waals surface area (Å²) in [5, 5.41) is 12.3. The van der Waals surface area contributed by atoms with Gasteiger partial charge in [0, 0.05) is 42.4 Å². The average molecular weight is 388 g/mol. The molecule has 0 unspecified atom stereocenters. The van der Waals surface area contributed by atoms with Crippen molar-refractivity contribution in [1.82, 2.24) is 15.0 Å². The second-order valence-electron chi connectivity index (χ2n) is 7.12. The van der Waals surface area contributed by atoms with Gasteiger partial charge in [0.2, 0.25) is 0 Å². The molecule has 0 bridgehead atoms. The number of fused-ring (bicyclic) bond motifs is 1. The van der Waals surface area contributed by atoms with Gasteiger partial charge in [0.1, 0.15) is 5.82 Å². The predicted molar refractivity (Wildman–Crippen MR) is 108 cm³/mol. The van der Waals surface area contributed by atoms with Gasteiger partial charge in [-0.3, -0.25) is 9.97 Å². The molecule has 6 nitrogen and oxygen atoms in total. The molecule has 0 radical (unpaired) electrons. The van der Waals surface area contributed by atoms with Crippen LogP contribution in [-0.4, -0.2) is 34.0 Å². The number of carboxylic acids is 1. The molecular weight excluding hydrogens is 371 g/mol. The molecule has 3 heterocycles. The molecule has 0 atom stereocenters. The number of rotatable bonds is 4. The second-order valence-corrected chi connectivity index (χ2v) is 7.12. The summed E-state index contributed by atoms with van der Waals surface area (Å²) in [6.07, 6.45) is 3.31. The SMILES string of the molecule is O=C([O-])c1cccc(-c2nccnc2C2CN(c3ccc4ccccc4n3)C2)c1.[Li+]. The first kappa shape index (κ1) is 20.1. The Kier molecular flexibility index (Phi) is 5.54. The van der Waals surface area contributed by atoms with Gasteiger partial charge in [0.05, 0.1) is 22.9 Å². The molecule has 142 valence electrons. The van der Waals surface area contributed by atoms with Crippen molar-refractivity contribution in [3.8, 4) is 11.3 Å². The van der Waals surface area contributed by atoms with Gasteiger partial charge in [-0.1, -0.05) is 36.4 Å². The zero-order chi connectivity index (χ0) is 19.8. The van der Waals surface area contributed by atoms with E-state index in [-0.39, 0.29) is 30.3 Å². The standard InChI is InChI=1S/C23H18N4O2.Li/c28-23(29)17-6-3-5-16(12-17)21-22(25-11-10-24-21)18-13-27(14-18)20-9-8-15-4-1-2-7-19(15)26-20;/h1-12,18H,13-14H2,(H,28,29);/q;+1/p-1. The Labute approximate surface area is 185 Å². The second kappa shape index (κ2) is 8.27. The van der Waals surface area contributed by atoms with Crippen LogP contribution in [-0.2, 0) is 0 Å². The van der Waals surface area contributed by atoms with Gasteiger partial charge in [-0.05, 0) is 29.8 Å². The van der Waals surface area contributed by atoms with E-state index in [1.54, 1.807) is 24.5 Å². The number of nitrogens with zero attached hydrogens (tertiary/aromatic N) is 4. The minimum Gasteiger partial charge on any atom is -0.545 e. The number of carboxylic acid groups (broad SMARTS) is 1. The van der Waals surface area contributed by atoms with E-state index in [2.05, 4.69) is 27.0 Å². The van der Waals surface area contributed by atoms with Crippen molar-refractivity contribution in [1.29, 1.82) is 0 Å². The van der Waals surface area contributed by atoms with Gasteiger partial charge < -0.3 is 14.8 Å². The number of carbonyl (C=O) groups excluding carboxylic acids is 1. The minimum absolute atomic E-state index is 0. The van der Waals surface area contributed by atoms with Gasteiger partial charge in [-0.25, -0.2) is 4.98 Å². The maximum atomic E-state index is 11.2. The van der Waals surface area contributed by atoms with Crippen LogP contribution in [0.15, 0.2) is 73.1 Å². The molecule has 0 saturated carbocycles. The van der Waals surface area contributed by atoms with Crippen molar-refractivity contribution in [2.24, 2.45) is 0 Å². The number of pyridine rings is 1. The molecule has 2 aromatic heterocycles. The largest absolute Gasteiger partial charge is 1.00 e. The van der Waals surface area contributed by atoms with E-state index < -0.39 is 5.97 Å². The molecule has 30 heavy (non-hydrogen) atoms. The molecule has 2 aromatic carbocycles. The van der Waals surface area contributed by atoms with E-state index in [0.29, 0.717) is 5.69 Å². The Morgan fingerprint density at radius 3 is 2.60 bits per heavy atom. The van der Waals surface area contributed by atoms with Crippen LogP contribution < -0.4 is 28.9 Å². The number of hydrogen-bond acceptors (Lipinski definition) is 6. The van der Waals surface area contributed by atoms with E-state index in [1.165, 1.54) is 6.07 Å². The molecule has 1 saturated heterocycles. The zero-order valence-electron chi connectivity index (χ0n) is 16.5. The first-order valence-corrected chi connectivity index (χ1v) is 9.42. The molecule has 7 heteroatoms. The normalized spacial score (nSPS) is 13.5. The fourth-order valence-corrected chi connectivity index (χ4v) is 3.73. The van der Waals surface area contributed by atoms with E-state index in [1.807, 2.05) is 30.3 Å². The summed E-state index contributed by atoms with van der Waals surface area (Å²) in [7, 11) is 0. The summed E-state index contributed by atoms with van der Waals surface area (Å²) in [5.74, 6) is -0.0441. The van der Waals surface area contributed by atoms with Crippen LogP contribution in [0.1, 0.15) is 22.0 Å². The Hall–Kier alpha value is -3.20. The maximum absolute atomic E-state index is 11.2. The summed E-state index contributed by atoms with van der Waals surface area (Å²) < 4.78 is 0. The molecule has 1 aliphatic heterocycles. The maximum Gasteiger partial charge on any atom is 1.00 e. The first-order valence-electron chi connectivity index (χ1n) is 9.42. The third-order valence-corrected chi connectivity index (χ3v) is 5.27. The summed E-state index contributed by atoms with van der Waals surface area (Å²) in [5.41, 5.74) is 3.44. The van der Waals surface area contributed by atoms with Crippen LogP contribution in [0.4, 0.5) is 5.82 Å². The van der Waals surface area contributed by atoms with Crippen molar-refractivity contribution in [3.63, 3.8) is 0 Å². The monoisotopic (exact) mass is 388 g/mol. The van der Waals surface area contributed by atoms with Crippen molar-refractivity contribution in [2.75, 3.05) is 18.0 Å². The molecule has 0 spiro atoms.